The number of hydrogen-bond acceptors (Lipinski definition) is 3. The predicted octanol–water partition coefficient (Wildman–Crippen LogP) is 3.07. The van der Waals surface area contributed by atoms with E-state index in [1.807, 2.05) is 42.6 Å². The molecule has 2 rings (SSSR count). The molecule has 3 heteroatoms. The summed E-state index contributed by atoms with van der Waals surface area (Å²) in [5, 5.41) is 0. The zero-order valence-corrected chi connectivity index (χ0v) is 10.5. The summed E-state index contributed by atoms with van der Waals surface area (Å²) in [7, 11) is 0. The molecule has 1 atom stereocenters. The van der Waals surface area contributed by atoms with E-state index >= 15 is 0 Å². The van der Waals surface area contributed by atoms with Crippen molar-refractivity contribution in [3.8, 4) is 5.75 Å². The van der Waals surface area contributed by atoms with Gasteiger partial charge in [0.05, 0.1) is 0 Å². The number of rotatable bonds is 5. The molecule has 1 heterocycles. The number of hydrogen-bond donors (Lipinski definition) is 1. The molecule has 94 valence electrons. The Morgan fingerprint density at radius 2 is 2.06 bits per heavy atom. The van der Waals surface area contributed by atoms with Crippen molar-refractivity contribution in [2.24, 2.45) is 5.73 Å². The first-order valence-electron chi connectivity index (χ1n) is 6.17. The summed E-state index contributed by atoms with van der Waals surface area (Å²) >= 11 is 0. The topological polar surface area (TPSA) is 48.1 Å². The summed E-state index contributed by atoms with van der Waals surface area (Å²) in [6.45, 7) is 2.59. The van der Waals surface area contributed by atoms with Crippen LogP contribution in [-0.2, 0) is 6.61 Å². The van der Waals surface area contributed by atoms with Crippen LogP contribution >= 0.6 is 0 Å². The van der Waals surface area contributed by atoms with E-state index in [1.165, 1.54) is 0 Å². The monoisotopic (exact) mass is 242 g/mol. The van der Waals surface area contributed by atoms with Crippen molar-refractivity contribution in [2.75, 3.05) is 0 Å². The van der Waals surface area contributed by atoms with Crippen LogP contribution in [0.1, 0.15) is 30.5 Å². The molecule has 0 radical (unpaired) electrons. The molecule has 0 unspecified atom stereocenters. The molecule has 0 bridgehead atoms. The highest BCUT2D eigenvalue weighted by atomic mass is 16.5. The first-order chi connectivity index (χ1) is 8.81. The Labute approximate surface area is 108 Å². The van der Waals surface area contributed by atoms with E-state index in [-0.39, 0.29) is 6.04 Å². The van der Waals surface area contributed by atoms with Gasteiger partial charge in [0.15, 0.2) is 0 Å². The summed E-state index contributed by atoms with van der Waals surface area (Å²) in [5.41, 5.74) is 8.18. The maximum absolute atomic E-state index is 6.07. The maximum Gasteiger partial charge on any atom is 0.124 e. The second-order valence-corrected chi connectivity index (χ2v) is 4.20. The largest absolute Gasteiger partial charge is 0.489 e. The quantitative estimate of drug-likeness (QED) is 0.876. The van der Waals surface area contributed by atoms with Gasteiger partial charge in [-0.25, -0.2) is 0 Å². The molecule has 2 N–H and O–H groups in total. The number of aromatic nitrogens is 1. The lowest BCUT2D eigenvalue weighted by Crippen LogP contribution is -2.10. The maximum atomic E-state index is 6.07. The zero-order chi connectivity index (χ0) is 12.8. The standard InChI is InChI=1S/C15H18N2O/c1-2-14(16)13-7-3-4-8-15(13)18-11-12-6-5-9-17-10-12/h3-10,14H,2,11,16H2,1H3/t14-/m1/s1. The normalized spacial score (nSPS) is 12.1. The molecule has 0 saturated heterocycles. The molecule has 18 heavy (non-hydrogen) atoms. The number of nitrogens with two attached hydrogens (primary N) is 1. The fourth-order valence-electron chi connectivity index (χ4n) is 1.78. The molecule has 0 aliphatic rings. The van der Waals surface area contributed by atoms with Gasteiger partial charge in [-0.2, -0.15) is 0 Å². The van der Waals surface area contributed by atoms with Crippen molar-refractivity contribution in [1.29, 1.82) is 0 Å². The molecule has 0 fully saturated rings. The summed E-state index contributed by atoms with van der Waals surface area (Å²) in [5.74, 6) is 0.857. The number of ether oxygens (including phenoxy) is 1. The van der Waals surface area contributed by atoms with Gasteiger partial charge >= 0.3 is 0 Å². The second kappa shape index (κ2) is 6.17. The van der Waals surface area contributed by atoms with Crippen LogP contribution < -0.4 is 10.5 Å². The van der Waals surface area contributed by atoms with Crippen LogP contribution in [0.15, 0.2) is 48.8 Å². The SMILES string of the molecule is CC[C@@H](N)c1ccccc1OCc1cccnc1. The second-order valence-electron chi connectivity index (χ2n) is 4.20. The van der Waals surface area contributed by atoms with Crippen molar-refractivity contribution in [1.82, 2.24) is 4.98 Å². The van der Waals surface area contributed by atoms with Crippen LogP contribution in [0.5, 0.6) is 5.75 Å². The zero-order valence-electron chi connectivity index (χ0n) is 10.5. The lowest BCUT2D eigenvalue weighted by molar-refractivity contribution is 0.300. The molecule has 0 amide bonds. The number of benzene rings is 1. The fourth-order valence-corrected chi connectivity index (χ4v) is 1.78. The Hall–Kier alpha value is -1.87. The summed E-state index contributed by atoms with van der Waals surface area (Å²) in [6.07, 6.45) is 4.46. The smallest absolute Gasteiger partial charge is 0.124 e. The molecule has 2 aromatic rings. The third-order valence-corrected chi connectivity index (χ3v) is 2.88. The lowest BCUT2D eigenvalue weighted by atomic mass is 10.0. The number of para-hydroxylation sites is 1. The van der Waals surface area contributed by atoms with Crippen LogP contribution in [0.4, 0.5) is 0 Å². The van der Waals surface area contributed by atoms with Gasteiger partial charge in [-0.3, -0.25) is 4.98 Å². The average Bonchev–Trinajstić information content (AvgIpc) is 2.45. The fraction of sp³-hybridized carbons (Fsp3) is 0.267. The van der Waals surface area contributed by atoms with E-state index in [0.29, 0.717) is 6.61 Å². The van der Waals surface area contributed by atoms with E-state index in [4.69, 9.17) is 10.5 Å². The van der Waals surface area contributed by atoms with Crippen LogP contribution in [0.2, 0.25) is 0 Å². The van der Waals surface area contributed by atoms with Crippen molar-refractivity contribution >= 4 is 0 Å². The van der Waals surface area contributed by atoms with Crippen LogP contribution in [0, 0.1) is 0 Å². The molecular formula is C15H18N2O. The van der Waals surface area contributed by atoms with Gasteiger partial charge in [-0.05, 0) is 18.6 Å². The van der Waals surface area contributed by atoms with Crippen LogP contribution in [0.3, 0.4) is 0 Å². The van der Waals surface area contributed by atoms with Gasteiger partial charge in [0.2, 0.25) is 0 Å². The van der Waals surface area contributed by atoms with E-state index in [0.717, 1.165) is 23.3 Å². The molecule has 1 aromatic heterocycles. The van der Waals surface area contributed by atoms with Crippen molar-refractivity contribution in [3.63, 3.8) is 0 Å². The van der Waals surface area contributed by atoms with E-state index < -0.39 is 0 Å². The van der Waals surface area contributed by atoms with Crippen molar-refractivity contribution in [2.45, 2.75) is 26.0 Å². The van der Waals surface area contributed by atoms with Crippen LogP contribution in [-0.4, -0.2) is 4.98 Å². The minimum atomic E-state index is 0.0232. The third kappa shape index (κ3) is 3.08. The summed E-state index contributed by atoms with van der Waals surface area (Å²) in [6, 6.07) is 11.9. The molecule has 0 aliphatic heterocycles. The molecule has 3 nitrogen and oxygen atoms in total. The number of nitrogens with zero attached hydrogens (tertiary/aromatic N) is 1. The van der Waals surface area contributed by atoms with E-state index in [2.05, 4.69) is 11.9 Å². The highest BCUT2D eigenvalue weighted by molar-refractivity contribution is 5.35. The minimum absolute atomic E-state index is 0.0232. The van der Waals surface area contributed by atoms with Crippen molar-refractivity contribution < 1.29 is 4.74 Å². The Morgan fingerprint density at radius 3 is 2.78 bits per heavy atom. The molecule has 0 saturated carbocycles. The first kappa shape index (κ1) is 12.6. The van der Waals surface area contributed by atoms with Gasteiger partial charge in [0.1, 0.15) is 12.4 Å². The minimum Gasteiger partial charge on any atom is -0.489 e. The van der Waals surface area contributed by atoms with Gasteiger partial charge in [0, 0.05) is 29.6 Å². The average molecular weight is 242 g/mol. The summed E-state index contributed by atoms with van der Waals surface area (Å²) < 4.78 is 5.83. The van der Waals surface area contributed by atoms with Gasteiger partial charge in [-0.1, -0.05) is 31.2 Å². The van der Waals surface area contributed by atoms with Crippen LogP contribution in [0.25, 0.3) is 0 Å². The highest BCUT2D eigenvalue weighted by Crippen LogP contribution is 2.25. The third-order valence-electron chi connectivity index (χ3n) is 2.88. The van der Waals surface area contributed by atoms with Gasteiger partial charge in [0.25, 0.3) is 0 Å². The van der Waals surface area contributed by atoms with Gasteiger partial charge < -0.3 is 10.5 Å². The number of pyridine rings is 1. The molecule has 0 spiro atoms. The Bertz CT molecular complexity index is 485. The molecule has 0 aliphatic carbocycles. The van der Waals surface area contributed by atoms with Crippen molar-refractivity contribution in [3.05, 3.63) is 59.9 Å². The Balaban J connectivity index is 2.10. The molecular weight excluding hydrogens is 224 g/mol. The Kier molecular flexibility index (Phi) is 4.31. The highest BCUT2D eigenvalue weighted by Gasteiger charge is 2.09. The first-order valence-corrected chi connectivity index (χ1v) is 6.17. The van der Waals surface area contributed by atoms with Gasteiger partial charge in [-0.15, -0.1) is 0 Å². The summed E-state index contributed by atoms with van der Waals surface area (Å²) in [4.78, 5) is 4.07. The lowest BCUT2D eigenvalue weighted by Gasteiger charge is -2.15. The Morgan fingerprint density at radius 1 is 1.22 bits per heavy atom. The molecule has 1 aromatic carbocycles. The van der Waals surface area contributed by atoms with E-state index in [9.17, 15) is 0 Å². The van der Waals surface area contributed by atoms with E-state index in [1.54, 1.807) is 6.20 Å². The predicted molar refractivity (Wildman–Crippen MR) is 72.2 cm³/mol.